The van der Waals surface area contributed by atoms with E-state index >= 15 is 0 Å². The van der Waals surface area contributed by atoms with Crippen molar-refractivity contribution >= 4 is 5.91 Å². The zero-order valence-corrected chi connectivity index (χ0v) is 12.4. The molecule has 0 saturated heterocycles. The Bertz CT molecular complexity index is 388. The van der Waals surface area contributed by atoms with Crippen LogP contribution in [0, 0.1) is 0 Å². The number of carbonyl (C=O) groups excluding carboxylic acids is 1. The molecule has 6 heteroatoms. The number of rotatable bonds is 8. The summed E-state index contributed by atoms with van der Waals surface area (Å²) in [5, 5.41) is 6.83. The Morgan fingerprint density at radius 3 is 2.58 bits per heavy atom. The molecule has 0 saturated carbocycles. The zero-order valence-electron chi connectivity index (χ0n) is 12.4. The molecule has 1 N–H and O–H groups in total. The maximum atomic E-state index is 12.2. The van der Waals surface area contributed by atoms with Crippen LogP contribution in [0.4, 0.5) is 0 Å². The summed E-state index contributed by atoms with van der Waals surface area (Å²) in [7, 11) is 4.06. The van der Waals surface area contributed by atoms with Crippen LogP contribution in [-0.2, 0) is 6.42 Å². The number of aromatic amines is 1. The molecule has 6 nitrogen and oxygen atoms in total. The van der Waals surface area contributed by atoms with Crippen molar-refractivity contribution in [1.29, 1.82) is 0 Å². The Labute approximate surface area is 115 Å². The standard InChI is InChI=1S/C13H25N5O/c1-5-8-11-14-12(16-15-11)13(19)18(6-2)10-7-9-17(3)4/h5-10H2,1-4H3,(H,14,15,16). The summed E-state index contributed by atoms with van der Waals surface area (Å²) in [4.78, 5) is 20.4. The van der Waals surface area contributed by atoms with Gasteiger partial charge in [0.05, 0.1) is 0 Å². The largest absolute Gasteiger partial charge is 0.336 e. The van der Waals surface area contributed by atoms with Crippen LogP contribution in [0.15, 0.2) is 0 Å². The third kappa shape index (κ3) is 4.98. The normalized spacial score (nSPS) is 11.0. The molecule has 1 rings (SSSR count). The van der Waals surface area contributed by atoms with E-state index in [1.165, 1.54) is 0 Å². The van der Waals surface area contributed by atoms with Crippen LogP contribution in [0.1, 0.15) is 43.1 Å². The Hall–Kier alpha value is -1.43. The van der Waals surface area contributed by atoms with Crippen LogP contribution in [0.2, 0.25) is 0 Å². The molecule has 0 radical (unpaired) electrons. The van der Waals surface area contributed by atoms with Gasteiger partial charge in [0.1, 0.15) is 5.82 Å². The van der Waals surface area contributed by atoms with E-state index in [0.29, 0.717) is 6.54 Å². The quantitative estimate of drug-likeness (QED) is 0.768. The van der Waals surface area contributed by atoms with Crippen molar-refractivity contribution in [2.24, 2.45) is 0 Å². The van der Waals surface area contributed by atoms with Gasteiger partial charge in [0, 0.05) is 19.5 Å². The fourth-order valence-electron chi connectivity index (χ4n) is 1.86. The molecule has 0 bridgehead atoms. The second-order valence-electron chi connectivity index (χ2n) is 4.90. The van der Waals surface area contributed by atoms with Crippen molar-refractivity contribution < 1.29 is 4.79 Å². The Balaban J connectivity index is 2.56. The van der Waals surface area contributed by atoms with Crippen molar-refractivity contribution in [3.8, 4) is 0 Å². The number of aromatic nitrogens is 3. The van der Waals surface area contributed by atoms with E-state index in [9.17, 15) is 4.79 Å². The molecule has 0 unspecified atom stereocenters. The summed E-state index contributed by atoms with van der Waals surface area (Å²) in [5.74, 6) is 0.991. The van der Waals surface area contributed by atoms with Gasteiger partial charge in [-0.2, -0.15) is 0 Å². The molecule has 0 aromatic carbocycles. The Morgan fingerprint density at radius 1 is 1.26 bits per heavy atom. The minimum Gasteiger partial charge on any atom is -0.336 e. The number of nitrogens with zero attached hydrogens (tertiary/aromatic N) is 4. The van der Waals surface area contributed by atoms with E-state index in [0.717, 1.165) is 38.2 Å². The highest BCUT2D eigenvalue weighted by molar-refractivity contribution is 5.90. The molecular weight excluding hydrogens is 242 g/mol. The summed E-state index contributed by atoms with van der Waals surface area (Å²) < 4.78 is 0. The molecule has 0 spiro atoms. The summed E-state index contributed by atoms with van der Waals surface area (Å²) in [5.41, 5.74) is 0. The maximum Gasteiger partial charge on any atom is 0.293 e. The number of carbonyl (C=O) groups is 1. The third-order valence-corrected chi connectivity index (χ3v) is 2.91. The number of hydrogen-bond acceptors (Lipinski definition) is 4. The van der Waals surface area contributed by atoms with E-state index in [1.807, 2.05) is 21.0 Å². The first-order chi connectivity index (χ1) is 9.08. The minimum absolute atomic E-state index is 0.0835. The molecule has 0 atom stereocenters. The molecule has 0 fully saturated rings. The second kappa shape index (κ2) is 7.89. The molecule has 108 valence electrons. The molecule has 0 aliphatic heterocycles. The summed E-state index contributed by atoms with van der Waals surface area (Å²) in [6, 6.07) is 0. The summed E-state index contributed by atoms with van der Waals surface area (Å²) in [6.07, 6.45) is 2.77. The van der Waals surface area contributed by atoms with Crippen molar-refractivity contribution in [2.45, 2.75) is 33.1 Å². The number of nitrogens with one attached hydrogen (secondary N) is 1. The lowest BCUT2D eigenvalue weighted by Gasteiger charge is -2.20. The first-order valence-electron chi connectivity index (χ1n) is 6.93. The van der Waals surface area contributed by atoms with Crippen LogP contribution in [-0.4, -0.2) is 64.6 Å². The topological polar surface area (TPSA) is 65.1 Å². The first kappa shape index (κ1) is 15.6. The van der Waals surface area contributed by atoms with Gasteiger partial charge in [0.25, 0.3) is 5.91 Å². The van der Waals surface area contributed by atoms with E-state index in [2.05, 4.69) is 27.0 Å². The van der Waals surface area contributed by atoms with E-state index in [1.54, 1.807) is 4.90 Å². The zero-order chi connectivity index (χ0) is 14.3. The Morgan fingerprint density at radius 2 is 2.00 bits per heavy atom. The average molecular weight is 267 g/mol. The molecule has 1 aromatic rings. The van der Waals surface area contributed by atoms with Gasteiger partial charge in [-0.3, -0.25) is 9.89 Å². The van der Waals surface area contributed by atoms with Gasteiger partial charge in [0.2, 0.25) is 5.82 Å². The molecule has 1 amide bonds. The van der Waals surface area contributed by atoms with Crippen molar-refractivity contribution in [1.82, 2.24) is 25.0 Å². The predicted octanol–water partition coefficient (Wildman–Crippen LogP) is 1.17. The number of aryl methyl sites for hydroxylation is 1. The lowest BCUT2D eigenvalue weighted by Crippen LogP contribution is -2.34. The van der Waals surface area contributed by atoms with Crippen molar-refractivity contribution in [3.05, 3.63) is 11.6 Å². The second-order valence-corrected chi connectivity index (χ2v) is 4.90. The van der Waals surface area contributed by atoms with Gasteiger partial charge in [0.15, 0.2) is 0 Å². The number of H-pyrrole nitrogens is 1. The highest BCUT2D eigenvalue weighted by Gasteiger charge is 2.18. The Kier molecular flexibility index (Phi) is 6.49. The smallest absolute Gasteiger partial charge is 0.293 e. The molecular formula is C13H25N5O. The van der Waals surface area contributed by atoms with Gasteiger partial charge >= 0.3 is 0 Å². The minimum atomic E-state index is -0.0835. The molecule has 19 heavy (non-hydrogen) atoms. The van der Waals surface area contributed by atoms with Crippen LogP contribution < -0.4 is 0 Å². The van der Waals surface area contributed by atoms with E-state index in [-0.39, 0.29) is 11.7 Å². The van der Waals surface area contributed by atoms with E-state index < -0.39 is 0 Å². The number of hydrogen-bond donors (Lipinski definition) is 1. The van der Waals surface area contributed by atoms with Crippen LogP contribution in [0.5, 0.6) is 0 Å². The monoisotopic (exact) mass is 267 g/mol. The van der Waals surface area contributed by atoms with Gasteiger partial charge in [-0.1, -0.05) is 6.92 Å². The molecule has 1 aromatic heterocycles. The molecule has 0 aliphatic rings. The van der Waals surface area contributed by atoms with Gasteiger partial charge < -0.3 is 9.80 Å². The maximum absolute atomic E-state index is 12.2. The van der Waals surface area contributed by atoms with Gasteiger partial charge in [-0.15, -0.1) is 5.10 Å². The first-order valence-corrected chi connectivity index (χ1v) is 6.93. The van der Waals surface area contributed by atoms with Crippen molar-refractivity contribution in [2.75, 3.05) is 33.7 Å². The predicted molar refractivity (Wildman–Crippen MR) is 75.1 cm³/mol. The molecule has 0 aliphatic carbocycles. The highest BCUT2D eigenvalue weighted by Crippen LogP contribution is 2.03. The van der Waals surface area contributed by atoms with Gasteiger partial charge in [-0.05, 0) is 40.4 Å². The van der Waals surface area contributed by atoms with E-state index in [4.69, 9.17) is 0 Å². The highest BCUT2D eigenvalue weighted by atomic mass is 16.2. The lowest BCUT2D eigenvalue weighted by atomic mass is 10.3. The summed E-state index contributed by atoms with van der Waals surface area (Å²) in [6.45, 7) is 6.45. The lowest BCUT2D eigenvalue weighted by molar-refractivity contribution is 0.0747. The van der Waals surface area contributed by atoms with Gasteiger partial charge in [-0.25, -0.2) is 4.98 Å². The fourth-order valence-corrected chi connectivity index (χ4v) is 1.86. The van der Waals surface area contributed by atoms with Crippen LogP contribution in [0.25, 0.3) is 0 Å². The number of amides is 1. The fraction of sp³-hybridized carbons (Fsp3) is 0.769. The van der Waals surface area contributed by atoms with Crippen LogP contribution in [0.3, 0.4) is 0 Å². The molecule has 1 heterocycles. The van der Waals surface area contributed by atoms with Crippen LogP contribution >= 0.6 is 0 Å². The summed E-state index contributed by atoms with van der Waals surface area (Å²) >= 11 is 0. The third-order valence-electron chi connectivity index (χ3n) is 2.91. The van der Waals surface area contributed by atoms with Crippen molar-refractivity contribution in [3.63, 3.8) is 0 Å². The average Bonchev–Trinajstić information content (AvgIpc) is 2.82. The SMILES string of the molecule is CCCc1nc(C(=O)N(CC)CCCN(C)C)n[nH]1.